The molecule has 56 heavy (non-hydrogen) atoms. The topological polar surface area (TPSA) is 108 Å². The van der Waals surface area contributed by atoms with Gasteiger partial charge in [-0.25, -0.2) is 4.57 Å². The van der Waals surface area contributed by atoms with Crippen LogP contribution >= 0.6 is 7.82 Å². The van der Waals surface area contributed by atoms with Gasteiger partial charge in [0.05, 0.1) is 27.7 Å². The van der Waals surface area contributed by atoms with E-state index in [1.54, 1.807) is 0 Å². The summed E-state index contributed by atoms with van der Waals surface area (Å²) in [4.78, 5) is 35.3. The second-order valence-electron chi connectivity index (χ2n) is 15.3. The van der Waals surface area contributed by atoms with Crippen LogP contribution in [0.25, 0.3) is 0 Å². The standard InChI is InChI=1S/C46H80NO8P/c1-6-8-10-12-14-16-18-20-21-22-23-24-25-27-29-31-33-35-37-39-46(49)55-44(43-54-56(50,51)53-41-40-47(3,4)5)42-52-45(48)38-36-34-32-30-28-26-19-17-15-13-11-9-7-2/h8,10,14,16-17,19-21,23-24,27,29,44H,6-7,9,11-13,15,18,22,25-26,28,30-43H2,1-5H3/p+1/b10-8-,16-14-,19-17-,21-20-,24-23-,29-27-. The lowest BCUT2D eigenvalue weighted by Crippen LogP contribution is -2.37. The third-order valence-electron chi connectivity index (χ3n) is 8.72. The number of rotatable bonds is 38. The van der Waals surface area contributed by atoms with Crippen LogP contribution in [0.1, 0.15) is 155 Å². The Balaban J connectivity index is 4.46. The van der Waals surface area contributed by atoms with Gasteiger partial charge in [-0.2, -0.15) is 0 Å². The third kappa shape index (κ3) is 41.1. The first kappa shape index (κ1) is 53.5. The van der Waals surface area contributed by atoms with E-state index in [-0.39, 0.29) is 26.1 Å². The molecule has 0 radical (unpaired) electrons. The molecule has 2 atom stereocenters. The van der Waals surface area contributed by atoms with Gasteiger partial charge in [0, 0.05) is 12.8 Å². The van der Waals surface area contributed by atoms with Crippen LogP contribution in [0.5, 0.6) is 0 Å². The number of ether oxygens (including phenoxy) is 2. The lowest BCUT2D eigenvalue weighted by Gasteiger charge is -2.24. The molecule has 10 heteroatoms. The Morgan fingerprint density at radius 1 is 0.571 bits per heavy atom. The van der Waals surface area contributed by atoms with Crippen molar-refractivity contribution in [2.75, 3.05) is 47.5 Å². The predicted octanol–water partition coefficient (Wildman–Crippen LogP) is 12.2. The Labute approximate surface area is 342 Å². The van der Waals surface area contributed by atoms with Gasteiger partial charge in [-0.3, -0.25) is 18.6 Å². The summed E-state index contributed by atoms with van der Waals surface area (Å²) in [5, 5.41) is 0. The number of unbranched alkanes of at least 4 members (excludes halogenated alkanes) is 12. The number of phosphoric acid groups is 1. The number of likely N-dealkylation sites (N-methyl/N-ethyl adjacent to an activating group) is 1. The van der Waals surface area contributed by atoms with Gasteiger partial charge >= 0.3 is 19.8 Å². The van der Waals surface area contributed by atoms with Crippen molar-refractivity contribution in [1.82, 2.24) is 0 Å². The zero-order valence-corrected chi connectivity index (χ0v) is 37.0. The van der Waals surface area contributed by atoms with Gasteiger partial charge < -0.3 is 18.9 Å². The lowest BCUT2D eigenvalue weighted by atomic mass is 10.1. The van der Waals surface area contributed by atoms with E-state index in [2.05, 4.69) is 86.8 Å². The number of carbonyl (C=O) groups is 2. The van der Waals surface area contributed by atoms with Crippen LogP contribution < -0.4 is 0 Å². The van der Waals surface area contributed by atoms with E-state index in [1.807, 2.05) is 21.1 Å². The van der Waals surface area contributed by atoms with Crippen LogP contribution in [0, 0.1) is 0 Å². The highest BCUT2D eigenvalue weighted by Gasteiger charge is 2.27. The Hall–Kier alpha value is -2.55. The smallest absolute Gasteiger partial charge is 0.462 e. The van der Waals surface area contributed by atoms with E-state index in [9.17, 15) is 19.0 Å². The van der Waals surface area contributed by atoms with Gasteiger partial charge in [-0.15, -0.1) is 0 Å². The van der Waals surface area contributed by atoms with Gasteiger partial charge in [0.2, 0.25) is 0 Å². The largest absolute Gasteiger partial charge is 0.472 e. The van der Waals surface area contributed by atoms with Crippen molar-refractivity contribution in [3.8, 4) is 0 Å². The molecule has 0 amide bonds. The number of esters is 2. The fourth-order valence-corrected chi connectivity index (χ4v) is 6.07. The molecule has 0 saturated heterocycles. The Kier molecular flexibility index (Phi) is 36.3. The minimum atomic E-state index is -4.39. The maximum absolute atomic E-state index is 12.7. The summed E-state index contributed by atoms with van der Waals surface area (Å²) in [6, 6.07) is 0. The number of carbonyl (C=O) groups excluding carboxylic acids is 2. The van der Waals surface area contributed by atoms with Crippen LogP contribution in [0.15, 0.2) is 72.9 Å². The summed E-state index contributed by atoms with van der Waals surface area (Å²) in [6.45, 7) is 4.22. The number of quaternary nitrogens is 1. The van der Waals surface area contributed by atoms with Gasteiger partial charge in [0.15, 0.2) is 6.10 Å². The summed E-state index contributed by atoms with van der Waals surface area (Å²) in [5.41, 5.74) is 0. The first-order chi connectivity index (χ1) is 27.0. The molecule has 0 heterocycles. The van der Waals surface area contributed by atoms with Gasteiger partial charge in [-0.05, 0) is 83.5 Å². The van der Waals surface area contributed by atoms with E-state index < -0.39 is 32.5 Å². The minimum absolute atomic E-state index is 0.0200. The maximum Gasteiger partial charge on any atom is 0.472 e. The van der Waals surface area contributed by atoms with Crippen molar-refractivity contribution in [2.45, 2.75) is 161 Å². The highest BCUT2D eigenvalue weighted by molar-refractivity contribution is 7.47. The maximum atomic E-state index is 12.7. The molecular weight excluding hydrogens is 725 g/mol. The summed E-state index contributed by atoms with van der Waals surface area (Å²) in [7, 11) is 1.44. The fourth-order valence-electron chi connectivity index (χ4n) is 5.33. The number of allylic oxidation sites excluding steroid dienone is 12. The minimum Gasteiger partial charge on any atom is -0.462 e. The molecule has 0 saturated carbocycles. The molecule has 0 fully saturated rings. The Morgan fingerprint density at radius 2 is 1.02 bits per heavy atom. The van der Waals surface area contributed by atoms with Crippen LogP contribution in [0.4, 0.5) is 0 Å². The SMILES string of the molecule is CC/C=C\C/C=C\C/C=C\C/C=C\C/C=C\CCCCCC(=O)OC(COC(=O)CCCCCCC/C=C\CCCCCC)COP(=O)(O)OCC[N+](C)(C)C. The molecule has 0 rings (SSSR count). The number of hydrogen-bond acceptors (Lipinski definition) is 7. The van der Waals surface area contributed by atoms with E-state index in [0.717, 1.165) is 89.9 Å². The molecule has 0 bridgehead atoms. The van der Waals surface area contributed by atoms with E-state index >= 15 is 0 Å². The van der Waals surface area contributed by atoms with Gasteiger partial charge in [0.25, 0.3) is 0 Å². The number of nitrogens with zero attached hydrogens (tertiary/aromatic N) is 1. The van der Waals surface area contributed by atoms with Crippen molar-refractivity contribution in [3.63, 3.8) is 0 Å². The molecule has 322 valence electrons. The Bertz CT molecular complexity index is 1180. The average molecular weight is 807 g/mol. The normalized spacial score (nSPS) is 14.3. The molecule has 0 aliphatic rings. The molecule has 0 spiro atoms. The summed E-state index contributed by atoms with van der Waals surface area (Å²) < 4.78 is 34.2. The van der Waals surface area contributed by atoms with Crippen molar-refractivity contribution in [2.24, 2.45) is 0 Å². The van der Waals surface area contributed by atoms with Crippen LogP contribution in [0.2, 0.25) is 0 Å². The fraction of sp³-hybridized carbons (Fsp3) is 0.696. The first-order valence-corrected chi connectivity index (χ1v) is 23.2. The van der Waals surface area contributed by atoms with Crippen molar-refractivity contribution in [1.29, 1.82) is 0 Å². The number of phosphoric ester groups is 1. The van der Waals surface area contributed by atoms with Gasteiger partial charge in [0.1, 0.15) is 19.8 Å². The molecule has 2 unspecified atom stereocenters. The quantitative estimate of drug-likeness (QED) is 0.0216. The molecule has 0 aromatic rings. The van der Waals surface area contributed by atoms with Crippen LogP contribution in [-0.4, -0.2) is 74.9 Å². The lowest BCUT2D eigenvalue weighted by molar-refractivity contribution is -0.870. The van der Waals surface area contributed by atoms with Crippen molar-refractivity contribution in [3.05, 3.63) is 72.9 Å². The molecule has 1 N–H and O–H groups in total. The highest BCUT2D eigenvalue weighted by atomic mass is 31.2. The summed E-state index contributed by atoms with van der Waals surface area (Å²) in [5.74, 6) is -0.854. The highest BCUT2D eigenvalue weighted by Crippen LogP contribution is 2.43. The van der Waals surface area contributed by atoms with Crippen molar-refractivity contribution >= 4 is 19.8 Å². The first-order valence-electron chi connectivity index (χ1n) is 21.7. The van der Waals surface area contributed by atoms with E-state index in [1.165, 1.54) is 32.1 Å². The van der Waals surface area contributed by atoms with E-state index in [4.69, 9.17) is 18.5 Å². The van der Waals surface area contributed by atoms with Crippen LogP contribution in [0.3, 0.4) is 0 Å². The molecule has 0 aromatic heterocycles. The zero-order valence-electron chi connectivity index (χ0n) is 36.1. The van der Waals surface area contributed by atoms with E-state index in [0.29, 0.717) is 17.4 Å². The molecular formula is C46H81NO8P+. The molecule has 0 aliphatic heterocycles. The monoisotopic (exact) mass is 807 g/mol. The molecule has 0 aromatic carbocycles. The summed E-state index contributed by atoms with van der Waals surface area (Å²) >= 11 is 0. The third-order valence-corrected chi connectivity index (χ3v) is 9.70. The second-order valence-corrected chi connectivity index (χ2v) is 16.8. The number of hydrogen-bond donors (Lipinski definition) is 1. The second kappa shape index (κ2) is 38.0. The molecule has 0 aliphatic carbocycles. The van der Waals surface area contributed by atoms with Crippen molar-refractivity contribution < 1.29 is 42.1 Å². The van der Waals surface area contributed by atoms with Crippen LogP contribution in [-0.2, 0) is 32.7 Å². The summed E-state index contributed by atoms with van der Waals surface area (Å²) in [6.07, 6.45) is 46.6. The van der Waals surface area contributed by atoms with Gasteiger partial charge in [-0.1, -0.05) is 132 Å². The Morgan fingerprint density at radius 3 is 1.55 bits per heavy atom. The molecule has 9 nitrogen and oxygen atoms in total. The average Bonchev–Trinajstić information content (AvgIpc) is 3.15. The zero-order chi connectivity index (χ0) is 41.4. The predicted molar refractivity (Wildman–Crippen MR) is 233 cm³/mol.